The predicted octanol–water partition coefficient (Wildman–Crippen LogP) is 3.00. The van der Waals surface area contributed by atoms with E-state index >= 15 is 0 Å². The van der Waals surface area contributed by atoms with Crippen LogP contribution in [-0.4, -0.2) is 43.7 Å². The van der Waals surface area contributed by atoms with Gasteiger partial charge in [0, 0.05) is 23.0 Å². The van der Waals surface area contributed by atoms with Gasteiger partial charge in [0.05, 0.1) is 7.11 Å². The van der Waals surface area contributed by atoms with Crippen molar-refractivity contribution in [1.82, 2.24) is 9.88 Å². The molecular weight excluding hydrogens is 250 g/mol. The number of nitrogens with zero attached hydrogens (tertiary/aromatic N) is 2. The van der Waals surface area contributed by atoms with Crippen LogP contribution < -0.4 is 10.1 Å². The Kier molecular flexibility index (Phi) is 4.79. The maximum atomic E-state index is 5.40. The SMILES string of the molecule is COc1cccc2c(NC(C)CCN(C)C)nccc12. The number of aromatic nitrogens is 1. The minimum atomic E-state index is 0.377. The second-order valence-electron chi connectivity index (χ2n) is 5.35. The molecular formula is C16H23N3O. The van der Waals surface area contributed by atoms with Gasteiger partial charge < -0.3 is 15.0 Å². The molecule has 0 bridgehead atoms. The van der Waals surface area contributed by atoms with Crippen LogP contribution in [0.2, 0.25) is 0 Å². The molecule has 0 saturated heterocycles. The molecule has 1 unspecified atom stereocenters. The number of benzene rings is 1. The van der Waals surface area contributed by atoms with Crippen molar-refractivity contribution in [3.8, 4) is 5.75 Å². The van der Waals surface area contributed by atoms with Crippen molar-refractivity contribution in [3.63, 3.8) is 0 Å². The minimum Gasteiger partial charge on any atom is -0.496 e. The van der Waals surface area contributed by atoms with Crippen molar-refractivity contribution < 1.29 is 4.74 Å². The van der Waals surface area contributed by atoms with Gasteiger partial charge in [-0.1, -0.05) is 12.1 Å². The Morgan fingerprint density at radius 2 is 2.05 bits per heavy atom. The molecule has 0 amide bonds. The van der Waals surface area contributed by atoms with Crippen LogP contribution in [0.3, 0.4) is 0 Å². The Bertz CT molecular complexity index is 569. The van der Waals surface area contributed by atoms with Gasteiger partial charge >= 0.3 is 0 Å². The summed E-state index contributed by atoms with van der Waals surface area (Å²) >= 11 is 0. The lowest BCUT2D eigenvalue weighted by Crippen LogP contribution is -2.23. The first-order valence-electron chi connectivity index (χ1n) is 6.95. The summed E-state index contributed by atoms with van der Waals surface area (Å²) in [4.78, 5) is 6.66. The monoisotopic (exact) mass is 273 g/mol. The van der Waals surface area contributed by atoms with E-state index in [9.17, 15) is 0 Å². The molecule has 0 aliphatic rings. The van der Waals surface area contributed by atoms with E-state index in [0.29, 0.717) is 6.04 Å². The second kappa shape index (κ2) is 6.57. The van der Waals surface area contributed by atoms with Crippen LogP contribution in [0.15, 0.2) is 30.5 Å². The fourth-order valence-electron chi connectivity index (χ4n) is 2.23. The zero-order valence-corrected chi connectivity index (χ0v) is 12.7. The molecule has 0 fully saturated rings. The molecule has 1 atom stereocenters. The van der Waals surface area contributed by atoms with E-state index in [1.807, 2.05) is 24.4 Å². The number of fused-ring (bicyclic) bond motifs is 1. The van der Waals surface area contributed by atoms with Gasteiger partial charge in [0.25, 0.3) is 0 Å². The standard InChI is InChI=1S/C16H23N3O/c1-12(9-11-19(2)3)18-16-14-6-5-7-15(20-4)13(14)8-10-17-16/h5-8,10,12H,9,11H2,1-4H3,(H,17,18). The number of pyridine rings is 1. The van der Waals surface area contributed by atoms with Crippen LogP contribution in [0.4, 0.5) is 5.82 Å². The highest BCUT2D eigenvalue weighted by molar-refractivity contribution is 5.95. The van der Waals surface area contributed by atoms with Gasteiger partial charge in [-0.3, -0.25) is 0 Å². The van der Waals surface area contributed by atoms with Crippen LogP contribution in [0, 0.1) is 0 Å². The lowest BCUT2D eigenvalue weighted by molar-refractivity contribution is 0.390. The first-order chi connectivity index (χ1) is 9.61. The summed E-state index contributed by atoms with van der Waals surface area (Å²) < 4.78 is 5.40. The number of hydrogen-bond donors (Lipinski definition) is 1. The Morgan fingerprint density at radius 1 is 1.25 bits per heavy atom. The van der Waals surface area contributed by atoms with Crippen LogP contribution >= 0.6 is 0 Å². The highest BCUT2D eigenvalue weighted by Gasteiger charge is 2.09. The number of hydrogen-bond acceptors (Lipinski definition) is 4. The maximum Gasteiger partial charge on any atom is 0.134 e. The van der Waals surface area contributed by atoms with Gasteiger partial charge in [-0.2, -0.15) is 0 Å². The third-order valence-corrected chi connectivity index (χ3v) is 3.38. The molecule has 0 radical (unpaired) electrons. The van der Waals surface area contributed by atoms with E-state index in [1.165, 1.54) is 0 Å². The number of rotatable bonds is 6. The van der Waals surface area contributed by atoms with Gasteiger partial charge in [-0.05, 0) is 46.1 Å². The fourth-order valence-corrected chi connectivity index (χ4v) is 2.23. The molecule has 4 heteroatoms. The highest BCUT2D eigenvalue weighted by Crippen LogP contribution is 2.29. The number of nitrogens with one attached hydrogen (secondary N) is 1. The molecule has 2 aromatic rings. The lowest BCUT2D eigenvalue weighted by Gasteiger charge is -2.18. The molecule has 1 N–H and O–H groups in total. The Balaban J connectivity index is 2.22. The van der Waals surface area contributed by atoms with Gasteiger partial charge in [0.1, 0.15) is 11.6 Å². The average molecular weight is 273 g/mol. The number of ether oxygens (including phenoxy) is 1. The summed E-state index contributed by atoms with van der Waals surface area (Å²) in [6.45, 7) is 3.24. The molecule has 1 aromatic heterocycles. The van der Waals surface area contributed by atoms with Crippen LogP contribution in [0.25, 0.3) is 10.8 Å². The highest BCUT2D eigenvalue weighted by atomic mass is 16.5. The van der Waals surface area contributed by atoms with E-state index < -0.39 is 0 Å². The molecule has 0 spiro atoms. The summed E-state index contributed by atoms with van der Waals surface area (Å²) in [6.07, 6.45) is 2.90. The Hall–Kier alpha value is -1.81. The normalized spacial score (nSPS) is 12.7. The fraction of sp³-hybridized carbons (Fsp3) is 0.438. The van der Waals surface area contributed by atoms with Crippen LogP contribution in [0.5, 0.6) is 5.75 Å². The summed E-state index contributed by atoms with van der Waals surface area (Å²) in [5, 5.41) is 5.69. The van der Waals surface area contributed by atoms with E-state index in [0.717, 1.165) is 35.3 Å². The Morgan fingerprint density at radius 3 is 2.75 bits per heavy atom. The van der Waals surface area contributed by atoms with Gasteiger partial charge in [-0.25, -0.2) is 4.98 Å². The van der Waals surface area contributed by atoms with Crippen LogP contribution in [0.1, 0.15) is 13.3 Å². The molecule has 4 nitrogen and oxygen atoms in total. The minimum absolute atomic E-state index is 0.377. The summed E-state index contributed by atoms with van der Waals surface area (Å²) in [5.74, 6) is 1.81. The topological polar surface area (TPSA) is 37.4 Å². The second-order valence-corrected chi connectivity index (χ2v) is 5.35. The van der Waals surface area contributed by atoms with Crippen LogP contribution in [-0.2, 0) is 0 Å². The zero-order chi connectivity index (χ0) is 14.5. The molecule has 2 rings (SSSR count). The first-order valence-corrected chi connectivity index (χ1v) is 6.95. The summed E-state index contributed by atoms with van der Waals surface area (Å²) in [7, 11) is 5.88. The van der Waals surface area contributed by atoms with Gasteiger partial charge in [0.15, 0.2) is 0 Å². The number of methoxy groups -OCH3 is 1. The molecule has 1 heterocycles. The summed E-state index contributed by atoms with van der Waals surface area (Å²) in [6, 6.07) is 8.41. The molecule has 20 heavy (non-hydrogen) atoms. The third-order valence-electron chi connectivity index (χ3n) is 3.38. The van der Waals surface area contributed by atoms with E-state index in [-0.39, 0.29) is 0 Å². The number of anilines is 1. The molecule has 1 aromatic carbocycles. The van der Waals surface area contributed by atoms with Gasteiger partial charge in [-0.15, -0.1) is 0 Å². The lowest BCUT2D eigenvalue weighted by atomic mass is 10.1. The molecule has 0 aliphatic carbocycles. The average Bonchev–Trinajstić information content (AvgIpc) is 2.45. The van der Waals surface area contributed by atoms with E-state index in [2.05, 4.69) is 42.3 Å². The quantitative estimate of drug-likeness (QED) is 0.878. The first kappa shape index (κ1) is 14.6. The predicted molar refractivity (Wildman–Crippen MR) is 84.6 cm³/mol. The van der Waals surface area contributed by atoms with E-state index in [1.54, 1.807) is 7.11 Å². The summed E-state index contributed by atoms with van der Waals surface area (Å²) in [5.41, 5.74) is 0. The van der Waals surface area contributed by atoms with E-state index in [4.69, 9.17) is 4.74 Å². The van der Waals surface area contributed by atoms with Crippen molar-refractivity contribution in [2.75, 3.05) is 33.1 Å². The maximum absolute atomic E-state index is 5.40. The molecule has 108 valence electrons. The van der Waals surface area contributed by atoms with Crippen molar-refractivity contribution >= 4 is 16.6 Å². The molecule has 0 aliphatic heterocycles. The van der Waals surface area contributed by atoms with Crippen molar-refractivity contribution in [1.29, 1.82) is 0 Å². The Labute approximate surface area is 120 Å². The molecule has 0 saturated carbocycles. The van der Waals surface area contributed by atoms with Crippen molar-refractivity contribution in [2.24, 2.45) is 0 Å². The van der Waals surface area contributed by atoms with Crippen molar-refractivity contribution in [2.45, 2.75) is 19.4 Å². The third kappa shape index (κ3) is 3.39. The largest absolute Gasteiger partial charge is 0.496 e. The van der Waals surface area contributed by atoms with Crippen molar-refractivity contribution in [3.05, 3.63) is 30.5 Å². The smallest absolute Gasteiger partial charge is 0.134 e. The van der Waals surface area contributed by atoms with Gasteiger partial charge in [0.2, 0.25) is 0 Å². The zero-order valence-electron chi connectivity index (χ0n) is 12.7.